The van der Waals surface area contributed by atoms with Crippen molar-refractivity contribution in [3.05, 3.63) is 0 Å². The van der Waals surface area contributed by atoms with Gasteiger partial charge in [0.05, 0.1) is 0 Å². The minimum Gasteiger partial charge on any atom is -0.414 e. The number of rotatable bonds is 9. The molecule has 0 N–H and O–H groups in total. The third-order valence-electron chi connectivity index (χ3n) is 5.33. The van der Waals surface area contributed by atoms with Gasteiger partial charge in [0.1, 0.15) is 0 Å². The topological polar surface area (TPSA) is 9.23 Å². The van der Waals surface area contributed by atoms with Crippen molar-refractivity contribution in [3.8, 4) is 0 Å². The van der Waals surface area contributed by atoms with E-state index in [1.165, 1.54) is 69.5 Å². The average molecular weight is 285 g/mol. The molecule has 1 fully saturated rings. The lowest BCUT2D eigenvalue weighted by molar-refractivity contribution is 0.157. The summed E-state index contributed by atoms with van der Waals surface area (Å²) in [6, 6.07) is 4.21. The fourth-order valence-electron chi connectivity index (χ4n) is 3.57. The first kappa shape index (κ1) is 17.2. The molecule has 0 aromatic heterocycles. The highest BCUT2D eigenvalue weighted by Gasteiger charge is 2.36. The smallest absolute Gasteiger partial charge is 0.192 e. The van der Waals surface area contributed by atoms with Crippen molar-refractivity contribution >= 4 is 8.32 Å². The molecule has 114 valence electrons. The van der Waals surface area contributed by atoms with Crippen molar-refractivity contribution in [1.82, 2.24) is 0 Å². The molecule has 1 saturated heterocycles. The van der Waals surface area contributed by atoms with Gasteiger partial charge in [-0.2, -0.15) is 0 Å². The second-order valence-electron chi connectivity index (χ2n) is 6.51. The molecule has 1 unspecified atom stereocenters. The van der Waals surface area contributed by atoms with Crippen LogP contribution in [0.3, 0.4) is 0 Å². The molecule has 2 heteroatoms. The molecule has 0 aromatic rings. The van der Waals surface area contributed by atoms with Gasteiger partial charge in [-0.25, -0.2) is 0 Å². The Bertz CT molecular complexity index is 219. The SMILES string of the molecule is CCC(CC)CCC(CC)O[Si]1(CC)CCCCC1. The zero-order chi connectivity index (χ0) is 14.1. The number of hydrogen-bond donors (Lipinski definition) is 0. The Labute approximate surface area is 122 Å². The highest BCUT2D eigenvalue weighted by atomic mass is 28.4. The van der Waals surface area contributed by atoms with Crippen LogP contribution in [0.15, 0.2) is 0 Å². The molecule has 1 aliphatic heterocycles. The van der Waals surface area contributed by atoms with E-state index in [2.05, 4.69) is 27.7 Å². The third-order valence-corrected chi connectivity index (χ3v) is 9.98. The largest absolute Gasteiger partial charge is 0.414 e. The molecule has 1 nitrogen and oxygen atoms in total. The van der Waals surface area contributed by atoms with Crippen LogP contribution in [0.5, 0.6) is 0 Å². The lowest BCUT2D eigenvalue weighted by atomic mass is 9.95. The van der Waals surface area contributed by atoms with Crippen LogP contribution in [0.2, 0.25) is 18.1 Å². The molecule has 0 spiro atoms. The molecule has 1 heterocycles. The zero-order valence-electron chi connectivity index (χ0n) is 13.8. The zero-order valence-corrected chi connectivity index (χ0v) is 14.8. The molecular weight excluding hydrogens is 248 g/mol. The molecule has 19 heavy (non-hydrogen) atoms. The second-order valence-corrected chi connectivity index (χ2v) is 10.8. The first-order valence-corrected chi connectivity index (χ1v) is 11.4. The lowest BCUT2D eigenvalue weighted by Gasteiger charge is -2.37. The maximum atomic E-state index is 6.76. The van der Waals surface area contributed by atoms with E-state index < -0.39 is 8.32 Å². The Kier molecular flexibility index (Phi) is 8.32. The molecule has 0 radical (unpaired) electrons. The van der Waals surface area contributed by atoms with Gasteiger partial charge in [-0.05, 0) is 43.3 Å². The molecule has 1 rings (SSSR count). The Balaban J connectivity index is 2.45. The summed E-state index contributed by atoms with van der Waals surface area (Å²) in [5.74, 6) is 0.920. The average Bonchev–Trinajstić information content (AvgIpc) is 2.48. The van der Waals surface area contributed by atoms with Crippen LogP contribution in [0, 0.1) is 5.92 Å². The van der Waals surface area contributed by atoms with Crippen LogP contribution >= 0.6 is 0 Å². The summed E-state index contributed by atoms with van der Waals surface area (Å²) in [6.45, 7) is 9.36. The van der Waals surface area contributed by atoms with Crippen LogP contribution in [0.1, 0.15) is 79.1 Å². The second kappa shape index (κ2) is 9.18. The summed E-state index contributed by atoms with van der Waals surface area (Å²) in [6.07, 6.45) is 11.4. The summed E-state index contributed by atoms with van der Waals surface area (Å²) in [5, 5.41) is 0. The predicted molar refractivity (Wildman–Crippen MR) is 88.2 cm³/mol. The van der Waals surface area contributed by atoms with Gasteiger partial charge >= 0.3 is 0 Å². The maximum absolute atomic E-state index is 6.76. The van der Waals surface area contributed by atoms with Gasteiger partial charge in [0.2, 0.25) is 0 Å². The standard InChI is InChI=1S/C17H36OSi/c1-5-16(6-2)12-13-17(7-3)18-19(8-4)14-10-9-11-15-19/h16-17H,5-15H2,1-4H3. The van der Waals surface area contributed by atoms with E-state index in [0.717, 1.165) is 5.92 Å². The Morgan fingerprint density at radius 1 is 0.842 bits per heavy atom. The van der Waals surface area contributed by atoms with Gasteiger partial charge in [-0.15, -0.1) is 0 Å². The van der Waals surface area contributed by atoms with Crippen molar-refractivity contribution in [2.24, 2.45) is 5.92 Å². The molecule has 0 bridgehead atoms. The first-order chi connectivity index (χ1) is 9.19. The van der Waals surface area contributed by atoms with Crippen LogP contribution in [-0.2, 0) is 4.43 Å². The monoisotopic (exact) mass is 284 g/mol. The van der Waals surface area contributed by atoms with Crippen molar-refractivity contribution in [2.45, 2.75) is 103 Å². The van der Waals surface area contributed by atoms with Crippen LogP contribution < -0.4 is 0 Å². The Hall–Kier alpha value is 0.177. The highest BCUT2D eigenvalue weighted by molar-refractivity contribution is 6.73. The Morgan fingerprint density at radius 2 is 1.47 bits per heavy atom. The van der Waals surface area contributed by atoms with Crippen LogP contribution in [0.4, 0.5) is 0 Å². The van der Waals surface area contributed by atoms with E-state index in [1.54, 1.807) is 0 Å². The molecule has 0 aliphatic carbocycles. The maximum Gasteiger partial charge on any atom is 0.192 e. The number of hydrogen-bond acceptors (Lipinski definition) is 1. The van der Waals surface area contributed by atoms with Crippen LogP contribution in [0.25, 0.3) is 0 Å². The van der Waals surface area contributed by atoms with Gasteiger partial charge in [0.15, 0.2) is 8.32 Å². The van der Waals surface area contributed by atoms with Gasteiger partial charge in [-0.3, -0.25) is 0 Å². The molecule has 0 aromatic carbocycles. The summed E-state index contributed by atoms with van der Waals surface area (Å²) >= 11 is 0. The van der Waals surface area contributed by atoms with Crippen LogP contribution in [-0.4, -0.2) is 14.4 Å². The molecule has 1 aliphatic rings. The van der Waals surface area contributed by atoms with E-state index in [-0.39, 0.29) is 0 Å². The summed E-state index contributed by atoms with van der Waals surface area (Å²) < 4.78 is 6.76. The third kappa shape index (κ3) is 5.59. The van der Waals surface area contributed by atoms with Crippen molar-refractivity contribution < 1.29 is 4.43 Å². The molecule has 0 amide bonds. The highest BCUT2D eigenvalue weighted by Crippen LogP contribution is 2.34. The van der Waals surface area contributed by atoms with E-state index in [9.17, 15) is 0 Å². The predicted octanol–water partition coefficient (Wildman–Crippen LogP) is 6.15. The molecule has 0 saturated carbocycles. The van der Waals surface area contributed by atoms with E-state index >= 15 is 0 Å². The van der Waals surface area contributed by atoms with E-state index in [0.29, 0.717) is 6.10 Å². The van der Waals surface area contributed by atoms with Gasteiger partial charge in [0, 0.05) is 6.10 Å². The lowest BCUT2D eigenvalue weighted by Crippen LogP contribution is -2.42. The quantitative estimate of drug-likeness (QED) is 0.462. The van der Waals surface area contributed by atoms with Gasteiger partial charge in [-0.1, -0.05) is 59.8 Å². The first-order valence-electron chi connectivity index (χ1n) is 8.87. The van der Waals surface area contributed by atoms with Gasteiger partial charge in [0.25, 0.3) is 0 Å². The summed E-state index contributed by atoms with van der Waals surface area (Å²) in [5.41, 5.74) is 0. The van der Waals surface area contributed by atoms with Crippen molar-refractivity contribution in [2.75, 3.05) is 0 Å². The molecule has 1 atom stereocenters. The van der Waals surface area contributed by atoms with Crippen molar-refractivity contribution in [1.29, 1.82) is 0 Å². The Morgan fingerprint density at radius 3 is 1.95 bits per heavy atom. The summed E-state index contributed by atoms with van der Waals surface area (Å²) in [4.78, 5) is 0. The van der Waals surface area contributed by atoms with Crippen molar-refractivity contribution in [3.63, 3.8) is 0 Å². The minimum absolute atomic E-state index is 0.560. The van der Waals surface area contributed by atoms with E-state index in [1.807, 2.05) is 0 Å². The van der Waals surface area contributed by atoms with E-state index in [4.69, 9.17) is 4.43 Å². The fourth-order valence-corrected chi connectivity index (χ4v) is 7.71. The fraction of sp³-hybridized carbons (Fsp3) is 1.00. The normalized spacial score (nSPS) is 20.7. The van der Waals surface area contributed by atoms with Gasteiger partial charge < -0.3 is 4.43 Å². The summed E-state index contributed by atoms with van der Waals surface area (Å²) in [7, 11) is -1.33. The minimum atomic E-state index is -1.33. The molecular formula is C17H36OSi.